The van der Waals surface area contributed by atoms with Crippen molar-refractivity contribution in [3.63, 3.8) is 0 Å². The molecule has 0 radical (unpaired) electrons. The first-order valence-corrected chi connectivity index (χ1v) is 17.5. The summed E-state index contributed by atoms with van der Waals surface area (Å²) >= 11 is 6.23. The summed E-state index contributed by atoms with van der Waals surface area (Å²) in [7, 11) is 1.69. The number of rotatable bonds is 21. The number of carbonyl (C=O) groups is 3. The van der Waals surface area contributed by atoms with Crippen molar-refractivity contribution in [1.29, 1.82) is 0 Å². The lowest BCUT2D eigenvalue weighted by Crippen LogP contribution is -2.51. The molecule has 2 rings (SSSR count). The van der Waals surface area contributed by atoms with Crippen molar-refractivity contribution in [2.24, 2.45) is 0 Å². The minimum absolute atomic E-state index is 0.164. The molecule has 0 aromatic heterocycles. The number of ether oxygens (including phenoxy) is 4. The Kier molecular flexibility index (Phi) is 18.0. The second-order valence-corrected chi connectivity index (χ2v) is 13.7. The molecule has 0 saturated heterocycles. The molecule has 9 nitrogen and oxygen atoms in total. The Labute approximate surface area is 293 Å². The van der Waals surface area contributed by atoms with E-state index in [1.54, 1.807) is 39.6 Å². The van der Waals surface area contributed by atoms with Crippen molar-refractivity contribution in [1.82, 2.24) is 4.90 Å². The topological polar surface area (TPSA) is 103 Å². The minimum Gasteiger partial charge on any atom is -0.464 e. The molecule has 0 unspecified atom stereocenters. The van der Waals surface area contributed by atoms with Crippen LogP contribution in [0.4, 0.5) is 5.69 Å². The van der Waals surface area contributed by atoms with Crippen molar-refractivity contribution >= 4 is 35.1 Å². The van der Waals surface area contributed by atoms with Gasteiger partial charge in [0.1, 0.15) is 12.2 Å². The van der Waals surface area contributed by atoms with Gasteiger partial charge in [-0.25, -0.2) is 9.59 Å². The Bertz CT molecular complexity index is 1310. The number of unbranched alkanes of at least 4 members (excludes halogenated alkanes) is 4. The molecule has 2 atom stereocenters. The van der Waals surface area contributed by atoms with Gasteiger partial charge in [-0.1, -0.05) is 42.3 Å². The fourth-order valence-electron chi connectivity index (χ4n) is 4.98. The average Bonchev–Trinajstić information content (AvgIpc) is 3.01. The highest BCUT2D eigenvalue weighted by molar-refractivity contribution is 6.31. The number of amides is 1. The summed E-state index contributed by atoms with van der Waals surface area (Å²) in [5, 5.41) is 4.11. The Hall–Kier alpha value is -3.14. The summed E-state index contributed by atoms with van der Waals surface area (Å²) in [5.41, 5.74) is 5.01. The fraction of sp³-hybridized carbons (Fsp3) is 0.605. The number of anilines is 1. The SMILES string of the molecule is CCOC(=O)CO[C@@H](C(=O)OC(C)(C)C)[C@@H](OCCCCCc1ccc(C)c(C)c1)C(=O)N(C)CCCCCNc1ccc(C)c(Cl)c1. The lowest BCUT2D eigenvalue weighted by Gasteiger charge is -2.31. The smallest absolute Gasteiger partial charge is 0.339 e. The molecule has 0 aliphatic heterocycles. The number of carbonyl (C=O) groups excluding carboxylic acids is 3. The van der Waals surface area contributed by atoms with Crippen LogP contribution in [-0.4, -0.2) is 80.5 Å². The quantitative estimate of drug-likeness (QED) is 0.107. The van der Waals surface area contributed by atoms with Crippen molar-refractivity contribution in [3.8, 4) is 0 Å². The lowest BCUT2D eigenvalue weighted by atomic mass is 10.0. The first-order chi connectivity index (χ1) is 22.7. The summed E-state index contributed by atoms with van der Waals surface area (Å²) in [6, 6.07) is 12.4. The highest BCUT2D eigenvalue weighted by Gasteiger charge is 2.40. The van der Waals surface area contributed by atoms with Gasteiger partial charge in [-0.05, 0) is 121 Å². The Balaban J connectivity index is 2.02. The van der Waals surface area contributed by atoms with Crippen LogP contribution >= 0.6 is 11.6 Å². The van der Waals surface area contributed by atoms with Crippen LogP contribution in [0.3, 0.4) is 0 Å². The molecule has 0 heterocycles. The zero-order chi connectivity index (χ0) is 35.7. The number of nitrogens with zero attached hydrogens (tertiary/aromatic N) is 1. The number of halogens is 1. The van der Waals surface area contributed by atoms with E-state index in [2.05, 4.69) is 37.4 Å². The van der Waals surface area contributed by atoms with Crippen LogP contribution in [-0.2, 0) is 39.8 Å². The van der Waals surface area contributed by atoms with Crippen LogP contribution in [0.1, 0.15) is 88.5 Å². The Morgan fingerprint density at radius 1 is 0.854 bits per heavy atom. The second-order valence-electron chi connectivity index (χ2n) is 13.3. The number of benzene rings is 2. The molecule has 0 aliphatic carbocycles. The van der Waals surface area contributed by atoms with Gasteiger partial charge in [-0.15, -0.1) is 0 Å². The number of nitrogens with one attached hydrogen (secondary N) is 1. The average molecular weight is 689 g/mol. The standard InChI is InChI=1S/C38H57ClN2O7/c1-9-45-33(42)26-47-35(37(44)48-38(5,6)7)34(46-23-15-10-12-16-30-19-17-27(2)29(4)24-30)36(43)41(8)22-14-11-13-21-40-31-20-18-28(3)32(39)25-31/h17-20,24-25,34-35,40H,9-16,21-23,26H2,1-8H3/t34-,35-/m1/s1. The first-order valence-electron chi connectivity index (χ1n) is 17.1. The van der Waals surface area contributed by atoms with E-state index in [4.69, 9.17) is 30.5 Å². The molecule has 0 saturated carbocycles. The third-order valence-corrected chi connectivity index (χ3v) is 8.28. The molecule has 10 heteroatoms. The number of likely N-dealkylation sites (N-methyl/N-ethyl adjacent to an activating group) is 1. The molecule has 1 N–H and O–H groups in total. The summed E-state index contributed by atoms with van der Waals surface area (Å²) in [6.07, 6.45) is 3.30. The number of hydrogen-bond acceptors (Lipinski definition) is 8. The maximum atomic E-state index is 13.8. The molecule has 48 heavy (non-hydrogen) atoms. The van der Waals surface area contributed by atoms with Crippen LogP contribution in [0.5, 0.6) is 0 Å². The Morgan fingerprint density at radius 3 is 2.23 bits per heavy atom. The number of hydrogen-bond donors (Lipinski definition) is 1. The highest BCUT2D eigenvalue weighted by atomic mass is 35.5. The summed E-state index contributed by atoms with van der Waals surface area (Å²) in [4.78, 5) is 40.9. The first kappa shape index (κ1) is 41.0. The van der Waals surface area contributed by atoms with Crippen LogP contribution in [0.2, 0.25) is 5.02 Å². The molecule has 1 amide bonds. The molecule has 2 aromatic carbocycles. The summed E-state index contributed by atoms with van der Waals surface area (Å²) in [6.45, 7) is 14.2. The van der Waals surface area contributed by atoms with Gasteiger partial charge in [-0.3, -0.25) is 4.79 Å². The van der Waals surface area contributed by atoms with Crippen molar-refractivity contribution in [2.45, 2.75) is 111 Å². The van der Waals surface area contributed by atoms with Gasteiger partial charge < -0.3 is 29.2 Å². The van der Waals surface area contributed by atoms with Gasteiger partial charge in [-0.2, -0.15) is 0 Å². The monoisotopic (exact) mass is 688 g/mol. The van der Waals surface area contributed by atoms with Crippen LogP contribution in [0.15, 0.2) is 36.4 Å². The van der Waals surface area contributed by atoms with Gasteiger partial charge in [0.05, 0.1) is 6.61 Å². The van der Waals surface area contributed by atoms with Crippen LogP contribution < -0.4 is 5.32 Å². The van der Waals surface area contributed by atoms with E-state index in [-0.39, 0.29) is 13.2 Å². The van der Waals surface area contributed by atoms with E-state index < -0.39 is 42.3 Å². The molecular weight excluding hydrogens is 632 g/mol. The van der Waals surface area contributed by atoms with E-state index in [0.717, 1.165) is 61.3 Å². The normalized spacial score (nSPS) is 12.7. The molecule has 0 spiro atoms. The van der Waals surface area contributed by atoms with Gasteiger partial charge in [0.15, 0.2) is 12.2 Å². The maximum absolute atomic E-state index is 13.8. The molecular formula is C38H57ClN2O7. The lowest BCUT2D eigenvalue weighted by molar-refractivity contribution is -0.187. The van der Waals surface area contributed by atoms with E-state index >= 15 is 0 Å². The van der Waals surface area contributed by atoms with Gasteiger partial charge in [0.25, 0.3) is 5.91 Å². The van der Waals surface area contributed by atoms with Gasteiger partial charge in [0.2, 0.25) is 0 Å². The third kappa shape index (κ3) is 15.4. The molecule has 268 valence electrons. The fourth-order valence-corrected chi connectivity index (χ4v) is 5.16. The second kappa shape index (κ2) is 21.1. The minimum atomic E-state index is -1.44. The van der Waals surface area contributed by atoms with Crippen molar-refractivity contribution in [3.05, 3.63) is 63.7 Å². The van der Waals surface area contributed by atoms with Gasteiger partial charge >= 0.3 is 11.9 Å². The maximum Gasteiger partial charge on any atom is 0.339 e. The van der Waals surface area contributed by atoms with E-state index in [1.807, 2.05) is 25.1 Å². The predicted molar refractivity (Wildman–Crippen MR) is 192 cm³/mol. The zero-order valence-electron chi connectivity index (χ0n) is 30.3. The van der Waals surface area contributed by atoms with Crippen LogP contribution in [0.25, 0.3) is 0 Å². The molecule has 2 aromatic rings. The van der Waals surface area contributed by atoms with Gasteiger partial charge in [0, 0.05) is 37.5 Å². The summed E-state index contributed by atoms with van der Waals surface area (Å²) in [5.74, 6) is -1.81. The highest BCUT2D eigenvalue weighted by Crippen LogP contribution is 2.21. The van der Waals surface area contributed by atoms with Crippen molar-refractivity contribution < 1.29 is 33.3 Å². The largest absolute Gasteiger partial charge is 0.464 e. The van der Waals surface area contributed by atoms with E-state index in [1.165, 1.54) is 16.7 Å². The molecule has 0 fully saturated rings. The van der Waals surface area contributed by atoms with E-state index in [9.17, 15) is 14.4 Å². The number of esters is 2. The molecule has 0 aliphatic rings. The van der Waals surface area contributed by atoms with Crippen molar-refractivity contribution in [2.75, 3.05) is 45.3 Å². The van der Waals surface area contributed by atoms with Crippen LogP contribution in [0, 0.1) is 20.8 Å². The predicted octanol–water partition coefficient (Wildman–Crippen LogP) is 7.39. The summed E-state index contributed by atoms with van der Waals surface area (Å²) < 4.78 is 22.5. The van der Waals surface area contributed by atoms with E-state index in [0.29, 0.717) is 13.0 Å². The molecule has 0 bridgehead atoms. The zero-order valence-corrected chi connectivity index (χ0v) is 31.0. The third-order valence-electron chi connectivity index (χ3n) is 7.87. The number of aryl methyl sites for hydroxylation is 4. The Morgan fingerprint density at radius 2 is 1.56 bits per heavy atom.